The van der Waals surface area contributed by atoms with Gasteiger partial charge in [-0.25, -0.2) is 0 Å². The quantitative estimate of drug-likeness (QED) is 0.919. The standard InChI is InChI=1S/C16H23N3O2S/c20-15(11-14-3-1-5-17-14)18-6-2-7-19(9-8-18)16(21)13-4-10-22-12-13/h4,10,12,14,17H,1-3,5-9,11H2. The molecule has 22 heavy (non-hydrogen) atoms. The Hall–Kier alpha value is -1.40. The van der Waals surface area contributed by atoms with E-state index in [4.69, 9.17) is 0 Å². The van der Waals surface area contributed by atoms with Crippen LogP contribution in [-0.2, 0) is 4.79 Å². The predicted octanol–water partition coefficient (Wildman–Crippen LogP) is 1.56. The third kappa shape index (κ3) is 3.67. The summed E-state index contributed by atoms with van der Waals surface area (Å²) in [5.41, 5.74) is 0.764. The van der Waals surface area contributed by atoms with Crippen molar-refractivity contribution in [1.82, 2.24) is 15.1 Å². The Morgan fingerprint density at radius 2 is 2.00 bits per heavy atom. The fraction of sp³-hybridized carbons (Fsp3) is 0.625. The van der Waals surface area contributed by atoms with E-state index in [9.17, 15) is 9.59 Å². The number of nitrogens with one attached hydrogen (secondary N) is 1. The first kappa shape index (κ1) is 15.5. The van der Waals surface area contributed by atoms with Gasteiger partial charge in [0.25, 0.3) is 5.91 Å². The van der Waals surface area contributed by atoms with E-state index in [1.807, 2.05) is 26.6 Å². The molecule has 0 bridgehead atoms. The molecule has 1 atom stereocenters. The first-order valence-corrected chi connectivity index (χ1v) is 9.01. The van der Waals surface area contributed by atoms with Crippen LogP contribution < -0.4 is 5.32 Å². The molecule has 2 saturated heterocycles. The molecule has 0 aromatic carbocycles. The van der Waals surface area contributed by atoms with Crippen molar-refractivity contribution >= 4 is 23.2 Å². The van der Waals surface area contributed by atoms with Gasteiger partial charge in [-0.2, -0.15) is 11.3 Å². The monoisotopic (exact) mass is 321 g/mol. The van der Waals surface area contributed by atoms with Crippen LogP contribution in [0.15, 0.2) is 16.8 Å². The zero-order valence-electron chi connectivity index (χ0n) is 12.8. The highest BCUT2D eigenvalue weighted by Gasteiger charge is 2.25. The smallest absolute Gasteiger partial charge is 0.254 e. The Bertz CT molecular complexity index is 511. The summed E-state index contributed by atoms with van der Waals surface area (Å²) in [6, 6.07) is 2.21. The van der Waals surface area contributed by atoms with Crippen LogP contribution in [-0.4, -0.2) is 60.4 Å². The van der Waals surface area contributed by atoms with Crippen LogP contribution in [0.2, 0.25) is 0 Å². The maximum absolute atomic E-state index is 12.4. The van der Waals surface area contributed by atoms with Crippen LogP contribution in [0.3, 0.4) is 0 Å². The minimum absolute atomic E-state index is 0.0907. The molecule has 1 aromatic heterocycles. The summed E-state index contributed by atoms with van der Waals surface area (Å²) in [7, 11) is 0. The minimum Gasteiger partial charge on any atom is -0.341 e. The number of hydrogen-bond acceptors (Lipinski definition) is 4. The molecule has 2 fully saturated rings. The summed E-state index contributed by atoms with van der Waals surface area (Å²) in [5.74, 6) is 0.317. The number of rotatable bonds is 3. The average molecular weight is 321 g/mol. The fourth-order valence-electron chi connectivity index (χ4n) is 3.21. The molecule has 3 heterocycles. The lowest BCUT2D eigenvalue weighted by molar-refractivity contribution is -0.131. The Morgan fingerprint density at radius 1 is 1.18 bits per heavy atom. The van der Waals surface area contributed by atoms with Gasteiger partial charge in [0.1, 0.15) is 0 Å². The van der Waals surface area contributed by atoms with E-state index in [-0.39, 0.29) is 11.8 Å². The zero-order chi connectivity index (χ0) is 15.4. The average Bonchev–Trinajstić information content (AvgIpc) is 3.16. The maximum Gasteiger partial charge on any atom is 0.254 e. The third-order valence-corrected chi connectivity index (χ3v) is 5.17. The summed E-state index contributed by atoms with van der Waals surface area (Å²) >= 11 is 1.54. The first-order chi connectivity index (χ1) is 10.7. The molecule has 2 aliphatic heterocycles. The normalized spacial score (nSPS) is 22.6. The van der Waals surface area contributed by atoms with Crippen molar-refractivity contribution in [3.05, 3.63) is 22.4 Å². The van der Waals surface area contributed by atoms with E-state index in [1.165, 1.54) is 6.42 Å². The molecule has 1 unspecified atom stereocenters. The van der Waals surface area contributed by atoms with Crippen LogP contribution in [0.25, 0.3) is 0 Å². The summed E-state index contributed by atoms with van der Waals surface area (Å²) in [6.07, 6.45) is 3.72. The van der Waals surface area contributed by atoms with E-state index < -0.39 is 0 Å². The number of carbonyl (C=O) groups excluding carboxylic acids is 2. The highest BCUT2D eigenvalue weighted by Crippen LogP contribution is 2.14. The van der Waals surface area contributed by atoms with Gasteiger partial charge in [0.2, 0.25) is 5.91 Å². The molecule has 0 saturated carbocycles. The van der Waals surface area contributed by atoms with Crippen molar-refractivity contribution < 1.29 is 9.59 Å². The highest BCUT2D eigenvalue weighted by molar-refractivity contribution is 7.08. The molecule has 2 aliphatic rings. The Labute approximate surface area is 135 Å². The Morgan fingerprint density at radius 3 is 2.73 bits per heavy atom. The molecule has 120 valence electrons. The summed E-state index contributed by atoms with van der Waals surface area (Å²) in [5, 5.41) is 7.19. The van der Waals surface area contributed by atoms with E-state index >= 15 is 0 Å². The molecule has 2 amide bonds. The van der Waals surface area contributed by atoms with Crippen molar-refractivity contribution in [3.63, 3.8) is 0 Å². The van der Waals surface area contributed by atoms with E-state index in [2.05, 4.69) is 5.32 Å². The zero-order valence-corrected chi connectivity index (χ0v) is 13.6. The molecule has 6 heteroatoms. The number of hydrogen-bond donors (Lipinski definition) is 1. The first-order valence-electron chi connectivity index (χ1n) is 8.06. The predicted molar refractivity (Wildman–Crippen MR) is 87.1 cm³/mol. The molecule has 0 aliphatic carbocycles. The number of nitrogens with zero attached hydrogens (tertiary/aromatic N) is 2. The van der Waals surface area contributed by atoms with Crippen molar-refractivity contribution in [2.45, 2.75) is 31.7 Å². The van der Waals surface area contributed by atoms with Crippen LogP contribution in [0, 0.1) is 0 Å². The van der Waals surface area contributed by atoms with Gasteiger partial charge in [-0.15, -0.1) is 0 Å². The molecular weight excluding hydrogens is 298 g/mol. The highest BCUT2D eigenvalue weighted by atomic mass is 32.1. The second-order valence-electron chi connectivity index (χ2n) is 6.04. The maximum atomic E-state index is 12.4. The van der Waals surface area contributed by atoms with Crippen LogP contribution in [0.4, 0.5) is 0 Å². The van der Waals surface area contributed by atoms with E-state index in [0.29, 0.717) is 25.6 Å². The fourth-order valence-corrected chi connectivity index (χ4v) is 3.84. The second kappa shape index (κ2) is 7.24. The Kier molecular flexibility index (Phi) is 5.10. The second-order valence-corrected chi connectivity index (χ2v) is 6.82. The van der Waals surface area contributed by atoms with E-state index in [0.717, 1.165) is 38.0 Å². The van der Waals surface area contributed by atoms with Gasteiger partial charge in [0.15, 0.2) is 0 Å². The largest absolute Gasteiger partial charge is 0.341 e. The minimum atomic E-state index is 0.0907. The van der Waals surface area contributed by atoms with Gasteiger partial charge >= 0.3 is 0 Å². The van der Waals surface area contributed by atoms with Crippen molar-refractivity contribution in [3.8, 4) is 0 Å². The summed E-state index contributed by atoms with van der Waals surface area (Å²) < 4.78 is 0. The summed E-state index contributed by atoms with van der Waals surface area (Å²) in [6.45, 7) is 3.82. The van der Waals surface area contributed by atoms with Crippen molar-refractivity contribution in [2.24, 2.45) is 0 Å². The third-order valence-electron chi connectivity index (χ3n) is 4.49. The molecular formula is C16H23N3O2S. The van der Waals surface area contributed by atoms with Gasteiger partial charge in [0.05, 0.1) is 5.56 Å². The number of carbonyl (C=O) groups is 2. The van der Waals surface area contributed by atoms with Crippen LogP contribution in [0.5, 0.6) is 0 Å². The molecule has 0 spiro atoms. The number of amides is 2. The molecule has 1 aromatic rings. The van der Waals surface area contributed by atoms with Crippen LogP contribution in [0.1, 0.15) is 36.0 Å². The SMILES string of the molecule is O=C(CC1CCCN1)N1CCCN(C(=O)c2ccsc2)CC1. The summed E-state index contributed by atoms with van der Waals surface area (Å²) in [4.78, 5) is 28.6. The van der Waals surface area contributed by atoms with Gasteiger partial charge in [-0.1, -0.05) is 0 Å². The van der Waals surface area contributed by atoms with Gasteiger partial charge in [-0.3, -0.25) is 9.59 Å². The lowest BCUT2D eigenvalue weighted by atomic mass is 10.1. The molecule has 5 nitrogen and oxygen atoms in total. The van der Waals surface area contributed by atoms with Gasteiger partial charge < -0.3 is 15.1 Å². The topological polar surface area (TPSA) is 52.7 Å². The number of thiophene rings is 1. The van der Waals surface area contributed by atoms with Crippen molar-refractivity contribution in [2.75, 3.05) is 32.7 Å². The lowest BCUT2D eigenvalue weighted by Gasteiger charge is -2.23. The molecule has 1 N–H and O–H groups in total. The van der Waals surface area contributed by atoms with E-state index in [1.54, 1.807) is 11.3 Å². The van der Waals surface area contributed by atoms with Crippen LogP contribution >= 0.6 is 11.3 Å². The van der Waals surface area contributed by atoms with Gasteiger partial charge in [-0.05, 0) is 37.3 Å². The molecule has 0 radical (unpaired) electrons. The lowest BCUT2D eigenvalue weighted by Crippen LogP contribution is -2.39. The van der Waals surface area contributed by atoms with Crippen molar-refractivity contribution in [1.29, 1.82) is 0 Å². The Balaban J connectivity index is 1.53. The molecule has 3 rings (SSSR count). The van der Waals surface area contributed by atoms with Gasteiger partial charge in [0, 0.05) is 44.0 Å².